The lowest BCUT2D eigenvalue weighted by Gasteiger charge is -2.22. The van der Waals surface area contributed by atoms with Crippen molar-refractivity contribution in [1.82, 2.24) is 15.6 Å². The van der Waals surface area contributed by atoms with Gasteiger partial charge in [-0.3, -0.25) is 9.59 Å². The van der Waals surface area contributed by atoms with E-state index < -0.39 is 6.04 Å². The molecule has 34 heavy (non-hydrogen) atoms. The number of carbonyl (C=O) groups excluding carboxylic acids is 2. The maximum absolute atomic E-state index is 13.2. The van der Waals surface area contributed by atoms with Gasteiger partial charge in [0, 0.05) is 30.4 Å². The van der Waals surface area contributed by atoms with Crippen molar-refractivity contribution in [2.45, 2.75) is 59.0 Å². The van der Waals surface area contributed by atoms with E-state index in [-0.39, 0.29) is 17.9 Å². The zero-order valence-electron chi connectivity index (χ0n) is 20.4. The van der Waals surface area contributed by atoms with Crippen LogP contribution in [0, 0.1) is 0 Å². The third kappa shape index (κ3) is 6.53. The molecule has 3 N–H and O–H groups in total. The van der Waals surface area contributed by atoms with E-state index in [0.29, 0.717) is 31.1 Å². The Morgan fingerprint density at radius 2 is 1.68 bits per heavy atom. The Hall–Kier alpha value is -3.48. The number of carbonyl (C=O) groups is 2. The molecular formula is C27H35N3O4. The van der Waals surface area contributed by atoms with Crippen LogP contribution in [0.4, 0.5) is 0 Å². The average Bonchev–Trinajstić information content (AvgIpc) is 3.23. The van der Waals surface area contributed by atoms with E-state index in [1.807, 2.05) is 55.6 Å². The molecule has 0 saturated heterocycles. The Bertz CT molecular complexity index is 1110. The predicted molar refractivity (Wildman–Crippen MR) is 134 cm³/mol. The summed E-state index contributed by atoms with van der Waals surface area (Å²) in [6, 6.07) is 12.7. The third-order valence-corrected chi connectivity index (χ3v) is 5.54. The summed E-state index contributed by atoms with van der Waals surface area (Å²) in [5.74, 6) is 0.884. The molecule has 3 rings (SSSR count). The lowest BCUT2D eigenvalue weighted by atomic mass is 10.0. The van der Waals surface area contributed by atoms with Crippen LogP contribution in [0.15, 0.2) is 48.7 Å². The predicted octanol–water partition coefficient (Wildman–Crippen LogP) is 4.67. The van der Waals surface area contributed by atoms with Crippen molar-refractivity contribution in [2.75, 3.05) is 13.2 Å². The fourth-order valence-electron chi connectivity index (χ4n) is 3.82. The van der Waals surface area contributed by atoms with Crippen molar-refractivity contribution in [1.29, 1.82) is 0 Å². The molecule has 1 heterocycles. The minimum absolute atomic E-state index is 0.240. The summed E-state index contributed by atoms with van der Waals surface area (Å²) in [5.41, 5.74) is 2.87. The average molecular weight is 466 g/mol. The maximum atomic E-state index is 13.2. The number of rotatable bonds is 12. The molecule has 0 bridgehead atoms. The van der Waals surface area contributed by atoms with Crippen LogP contribution in [0.5, 0.6) is 11.5 Å². The fourth-order valence-corrected chi connectivity index (χ4v) is 3.82. The van der Waals surface area contributed by atoms with Gasteiger partial charge in [0.25, 0.3) is 0 Å². The van der Waals surface area contributed by atoms with Crippen LogP contribution < -0.4 is 20.1 Å². The van der Waals surface area contributed by atoms with Gasteiger partial charge >= 0.3 is 0 Å². The van der Waals surface area contributed by atoms with Gasteiger partial charge in [0.15, 0.2) is 11.5 Å². The van der Waals surface area contributed by atoms with Crippen molar-refractivity contribution in [3.05, 3.63) is 59.8 Å². The molecule has 0 unspecified atom stereocenters. The largest absolute Gasteiger partial charge is 0.490 e. The summed E-state index contributed by atoms with van der Waals surface area (Å²) >= 11 is 0. The van der Waals surface area contributed by atoms with E-state index in [1.54, 1.807) is 0 Å². The van der Waals surface area contributed by atoms with E-state index in [9.17, 15) is 9.59 Å². The fraction of sp³-hybridized carbons (Fsp3) is 0.407. The number of aromatic amines is 1. The Morgan fingerprint density at radius 1 is 0.971 bits per heavy atom. The van der Waals surface area contributed by atoms with Gasteiger partial charge in [0.1, 0.15) is 6.04 Å². The minimum Gasteiger partial charge on any atom is -0.490 e. The number of fused-ring (bicyclic) bond motifs is 1. The van der Waals surface area contributed by atoms with Crippen LogP contribution in [-0.2, 0) is 16.0 Å². The van der Waals surface area contributed by atoms with Crippen molar-refractivity contribution >= 4 is 22.7 Å². The van der Waals surface area contributed by atoms with Crippen LogP contribution in [0.2, 0.25) is 0 Å². The lowest BCUT2D eigenvalue weighted by Crippen LogP contribution is -2.47. The highest BCUT2D eigenvalue weighted by Crippen LogP contribution is 2.31. The minimum atomic E-state index is -0.692. The maximum Gasteiger partial charge on any atom is 0.243 e. The molecule has 3 aromatic rings. The molecule has 0 aliphatic carbocycles. The van der Waals surface area contributed by atoms with Crippen LogP contribution in [0.1, 0.15) is 57.7 Å². The molecule has 0 aliphatic heterocycles. The Morgan fingerprint density at radius 3 is 2.38 bits per heavy atom. The number of para-hydroxylation sites is 1. The molecule has 7 heteroatoms. The Balaban J connectivity index is 1.75. The molecule has 2 aromatic carbocycles. The van der Waals surface area contributed by atoms with Crippen molar-refractivity contribution in [2.24, 2.45) is 0 Å². The van der Waals surface area contributed by atoms with E-state index in [1.165, 1.54) is 6.92 Å². The first-order valence-electron chi connectivity index (χ1n) is 11.9. The molecule has 0 radical (unpaired) electrons. The van der Waals surface area contributed by atoms with Crippen molar-refractivity contribution in [3.63, 3.8) is 0 Å². The molecular weight excluding hydrogens is 430 g/mol. The third-order valence-electron chi connectivity index (χ3n) is 5.54. The second-order valence-corrected chi connectivity index (χ2v) is 8.45. The highest BCUT2D eigenvalue weighted by atomic mass is 16.5. The van der Waals surface area contributed by atoms with Gasteiger partial charge in [-0.15, -0.1) is 0 Å². The number of hydrogen-bond acceptors (Lipinski definition) is 4. The highest BCUT2D eigenvalue weighted by molar-refractivity contribution is 5.89. The normalized spacial score (nSPS) is 12.7. The zero-order chi connectivity index (χ0) is 24.5. The molecule has 1 aromatic heterocycles. The summed E-state index contributed by atoms with van der Waals surface area (Å²) in [6.07, 6.45) is 4.07. The number of H-pyrrole nitrogens is 1. The smallest absolute Gasteiger partial charge is 0.243 e. The molecule has 0 fully saturated rings. The first-order chi connectivity index (χ1) is 16.4. The topological polar surface area (TPSA) is 92.5 Å². The van der Waals surface area contributed by atoms with Crippen LogP contribution in [0.3, 0.4) is 0 Å². The second-order valence-electron chi connectivity index (χ2n) is 8.45. The highest BCUT2D eigenvalue weighted by Gasteiger charge is 2.23. The zero-order valence-corrected chi connectivity index (χ0v) is 20.4. The van der Waals surface area contributed by atoms with E-state index >= 15 is 0 Å². The quantitative estimate of drug-likeness (QED) is 0.362. The van der Waals surface area contributed by atoms with Gasteiger partial charge in [-0.1, -0.05) is 38.1 Å². The van der Waals surface area contributed by atoms with Gasteiger partial charge in [-0.05, 0) is 49.1 Å². The summed E-state index contributed by atoms with van der Waals surface area (Å²) < 4.78 is 11.7. The van der Waals surface area contributed by atoms with Gasteiger partial charge in [-0.25, -0.2) is 0 Å². The first-order valence-corrected chi connectivity index (χ1v) is 11.9. The van der Waals surface area contributed by atoms with Crippen LogP contribution >= 0.6 is 0 Å². The summed E-state index contributed by atoms with van der Waals surface area (Å²) in [5, 5.41) is 6.89. The Labute approximate surface area is 201 Å². The SMILES string of the molecule is CCCOc1ccc([C@H](C)NC(=O)[C@H](Cc2c[nH]c3ccccc23)NC(C)=O)cc1OCCC. The van der Waals surface area contributed by atoms with E-state index in [0.717, 1.165) is 34.9 Å². The molecule has 0 spiro atoms. The van der Waals surface area contributed by atoms with Crippen LogP contribution in [-0.4, -0.2) is 36.1 Å². The molecule has 2 atom stereocenters. The van der Waals surface area contributed by atoms with Gasteiger partial charge < -0.3 is 25.1 Å². The molecule has 0 aliphatic rings. The van der Waals surface area contributed by atoms with Crippen molar-refractivity contribution < 1.29 is 19.1 Å². The van der Waals surface area contributed by atoms with E-state index in [2.05, 4.69) is 29.5 Å². The van der Waals surface area contributed by atoms with Gasteiger partial charge in [0.05, 0.1) is 19.3 Å². The number of benzene rings is 2. The summed E-state index contributed by atoms with van der Waals surface area (Å²) in [4.78, 5) is 28.3. The van der Waals surface area contributed by atoms with Crippen molar-refractivity contribution in [3.8, 4) is 11.5 Å². The Kier molecular flexibility index (Phi) is 8.96. The molecule has 182 valence electrons. The lowest BCUT2D eigenvalue weighted by molar-refractivity contribution is -0.128. The summed E-state index contributed by atoms with van der Waals surface area (Å²) in [7, 11) is 0. The number of nitrogens with one attached hydrogen (secondary N) is 3. The second kappa shape index (κ2) is 12.1. The number of aromatic nitrogens is 1. The molecule has 7 nitrogen and oxygen atoms in total. The first kappa shape index (κ1) is 25.1. The number of amides is 2. The monoisotopic (exact) mass is 465 g/mol. The number of hydrogen-bond donors (Lipinski definition) is 3. The molecule has 2 amide bonds. The standard InChI is InChI=1S/C27H35N3O4/c1-5-13-33-25-12-11-20(16-26(25)34-14-6-2)18(3)29-27(32)24(30-19(4)31)15-21-17-28-23-10-8-7-9-22(21)23/h7-12,16-18,24,28H,5-6,13-15H2,1-4H3,(H,29,32)(H,30,31)/t18-,24-/m0/s1. The van der Waals surface area contributed by atoms with Gasteiger partial charge in [-0.2, -0.15) is 0 Å². The summed E-state index contributed by atoms with van der Waals surface area (Å²) in [6.45, 7) is 8.64. The molecule has 0 saturated carbocycles. The van der Waals surface area contributed by atoms with Crippen LogP contribution in [0.25, 0.3) is 10.9 Å². The number of ether oxygens (including phenoxy) is 2. The van der Waals surface area contributed by atoms with Gasteiger partial charge in [0.2, 0.25) is 11.8 Å². The van der Waals surface area contributed by atoms with E-state index in [4.69, 9.17) is 9.47 Å².